The van der Waals surface area contributed by atoms with Crippen LogP contribution in [0.4, 0.5) is 0 Å². The Morgan fingerprint density at radius 2 is 1.11 bits per heavy atom. The Labute approximate surface area is 214 Å². The standard InChI is InChI=1S/C31H49NO3/c1-26(2)17-11-7-5-3-4-6-8-16-22-30(34-24-27-18-12-9-13-19-27)31(29(32)23-33)35-25-28-20-14-10-15-21-28/h9-10,12-15,18-21,26,29-31,33H,3-8,11,16-17,22-25,32H2,1-2H3/t29-,30+,31-/m0/s1. The average molecular weight is 484 g/mol. The summed E-state index contributed by atoms with van der Waals surface area (Å²) in [4.78, 5) is 0. The van der Waals surface area contributed by atoms with Gasteiger partial charge in [0.1, 0.15) is 6.10 Å². The van der Waals surface area contributed by atoms with Crippen LogP contribution in [0.3, 0.4) is 0 Å². The molecule has 0 aliphatic rings. The van der Waals surface area contributed by atoms with Crippen LogP contribution in [-0.2, 0) is 22.7 Å². The molecule has 2 rings (SSSR count). The first-order valence-electron chi connectivity index (χ1n) is 13.8. The van der Waals surface area contributed by atoms with Gasteiger partial charge >= 0.3 is 0 Å². The fraction of sp³-hybridized carbons (Fsp3) is 0.613. The number of benzene rings is 2. The molecule has 0 radical (unpaired) electrons. The molecule has 0 aromatic heterocycles. The van der Waals surface area contributed by atoms with Crippen molar-refractivity contribution in [3.05, 3.63) is 71.8 Å². The molecule has 0 saturated heterocycles. The summed E-state index contributed by atoms with van der Waals surface area (Å²) in [5, 5.41) is 9.84. The van der Waals surface area contributed by atoms with Crippen molar-refractivity contribution >= 4 is 0 Å². The Morgan fingerprint density at radius 3 is 1.60 bits per heavy atom. The zero-order valence-electron chi connectivity index (χ0n) is 22.1. The molecule has 35 heavy (non-hydrogen) atoms. The van der Waals surface area contributed by atoms with E-state index in [0.717, 1.165) is 29.9 Å². The monoisotopic (exact) mass is 483 g/mol. The molecule has 3 atom stereocenters. The molecule has 0 amide bonds. The molecular weight excluding hydrogens is 434 g/mol. The topological polar surface area (TPSA) is 64.7 Å². The van der Waals surface area contributed by atoms with Gasteiger partial charge in [-0.05, 0) is 23.5 Å². The highest BCUT2D eigenvalue weighted by atomic mass is 16.5. The molecule has 0 aliphatic heterocycles. The first kappa shape index (κ1) is 29.5. The third-order valence-electron chi connectivity index (χ3n) is 6.61. The first-order valence-corrected chi connectivity index (χ1v) is 13.8. The van der Waals surface area contributed by atoms with E-state index in [2.05, 4.69) is 26.0 Å². The minimum Gasteiger partial charge on any atom is -0.395 e. The molecular formula is C31H49NO3. The number of aliphatic hydroxyl groups excluding tert-OH is 1. The van der Waals surface area contributed by atoms with Gasteiger partial charge < -0.3 is 20.3 Å². The molecule has 4 heteroatoms. The molecule has 0 bridgehead atoms. The summed E-state index contributed by atoms with van der Waals surface area (Å²) in [5.74, 6) is 0.825. The molecule has 0 saturated carbocycles. The van der Waals surface area contributed by atoms with Crippen molar-refractivity contribution in [1.29, 1.82) is 0 Å². The van der Waals surface area contributed by atoms with Crippen molar-refractivity contribution in [2.24, 2.45) is 11.7 Å². The summed E-state index contributed by atoms with van der Waals surface area (Å²) in [5.41, 5.74) is 8.55. The minimum absolute atomic E-state index is 0.124. The van der Waals surface area contributed by atoms with Crippen LogP contribution in [0.2, 0.25) is 0 Å². The molecule has 196 valence electrons. The summed E-state index contributed by atoms with van der Waals surface area (Å²) in [7, 11) is 0. The predicted molar refractivity (Wildman–Crippen MR) is 146 cm³/mol. The molecule has 2 aromatic rings. The van der Waals surface area contributed by atoms with E-state index in [9.17, 15) is 5.11 Å². The third-order valence-corrected chi connectivity index (χ3v) is 6.61. The van der Waals surface area contributed by atoms with Gasteiger partial charge in [0.25, 0.3) is 0 Å². The Balaban J connectivity index is 1.83. The van der Waals surface area contributed by atoms with Crippen molar-refractivity contribution in [2.45, 2.75) is 110 Å². The van der Waals surface area contributed by atoms with Gasteiger partial charge in [0.05, 0.1) is 32.0 Å². The van der Waals surface area contributed by atoms with Crippen molar-refractivity contribution in [3.8, 4) is 0 Å². The van der Waals surface area contributed by atoms with Crippen LogP contribution >= 0.6 is 0 Å². The number of hydrogen-bond donors (Lipinski definition) is 2. The summed E-state index contributed by atoms with van der Waals surface area (Å²) in [6, 6.07) is 19.8. The fourth-order valence-electron chi connectivity index (χ4n) is 4.46. The van der Waals surface area contributed by atoms with Gasteiger partial charge in [-0.15, -0.1) is 0 Å². The number of aliphatic hydroxyl groups is 1. The van der Waals surface area contributed by atoms with E-state index in [1.807, 2.05) is 48.5 Å². The highest BCUT2D eigenvalue weighted by Crippen LogP contribution is 2.20. The van der Waals surface area contributed by atoms with Gasteiger partial charge in [-0.1, -0.05) is 132 Å². The van der Waals surface area contributed by atoms with Crippen LogP contribution in [-0.4, -0.2) is 30.0 Å². The molecule has 0 spiro atoms. The maximum Gasteiger partial charge on any atom is 0.101 e. The van der Waals surface area contributed by atoms with E-state index in [-0.39, 0.29) is 18.8 Å². The lowest BCUT2D eigenvalue weighted by molar-refractivity contribution is -0.104. The van der Waals surface area contributed by atoms with Gasteiger partial charge in [-0.3, -0.25) is 0 Å². The lowest BCUT2D eigenvalue weighted by Gasteiger charge is -2.31. The average Bonchev–Trinajstić information content (AvgIpc) is 2.88. The Bertz CT molecular complexity index is 737. The molecule has 3 N–H and O–H groups in total. The maximum atomic E-state index is 9.84. The highest BCUT2D eigenvalue weighted by molar-refractivity contribution is 5.14. The molecule has 0 fully saturated rings. The Hall–Kier alpha value is -1.72. The molecule has 4 nitrogen and oxygen atoms in total. The second-order valence-corrected chi connectivity index (χ2v) is 10.2. The van der Waals surface area contributed by atoms with E-state index in [1.165, 1.54) is 51.4 Å². The third kappa shape index (κ3) is 13.2. The normalized spacial score (nSPS) is 14.2. The molecule has 0 heterocycles. The summed E-state index contributed by atoms with van der Waals surface area (Å²) in [6.07, 6.45) is 12.0. The van der Waals surface area contributed by atoms with Crippen LogP contribution < -0.4 is 5.73 Å². The van der Waals surface area contributed by atoms with Crippen molar-refractivity contribution in [2.75, 3.05) is 6.61 Å². The van der Waals surface area contributed by atoms with Crippen LogP contribution in [0.25, 0.3) is 0 Å². The Kier molecular flexibility index (Phi) is 15.6. The van der Waals surface area contributed by atoms with Crippen LogP contribution in [0.15, 0.2) is 60.7 Å². The smallest absolute Gasteiger partial charge is 0.101 e. The number of nitrogens with two attached hydrogens (primary N) is 1. The van der Waals surface area contributed by atoms with Crippen molar-refractivity contribution < 1.29 is 14.6 Å². The summed E-state index contributed by atoms with van der Waals surface area (Å²) >= 11 is 0. The Morgan fingerprint density at radius 1 is 0.657 bits per heavy atom. The lowest BCUT2D eigenvalue weighted by Crippen LogP contribution is -2.48. The predicted octanol–water partition coefficient (Wildman–Crippen LogP) is 7.03. The van der Waals surface area contributed by atoms with E-state index < -0.39 is 6.04 Å². The SMILES string of the molecule is CC(C)CCCCCCCCCC[C@@H](OCc1ccccc1)[C@@H](OCc1ccccc1)[C@@H](N)CO. The largest absolute Gasteiger partial charge is 0.395 e. The van der Waals surface area contributed by atoms with Gasteiger partial charge in [0.2, 0.25) is 0 Å². The fourth-order valence-corrected chi connectivity index (χ4v) is 4.46. The van der Waals surface area contributed by atoms with E-state index in [4.69, 9.17) is 15.2 Å². The van der Waals surface area contributed by atoms with E-state index >= 15 is 0 Å². The van der Waals surface area contributed by atoms with Gasteiger partial charge in [0.15, 0.2) is 0 Å². The zero-order chi connectivity index (χ0) is 25.1. The second-order valence-electron chi connectivity index (χ2n) is 10.2. The highest BCUT2D eigenvalue weighted by Gasteiger charge is 2.28. The first-order chi connectivity index (χ1) is 17.1. The molecule has 0 unspecified atom stereocenters. The summed E-state index contributed by atoms with van der Waals surface area (Å²) < 4.78 is 12.6. The van der Waals surface area contributed by atoms with Gasteiger partial charge in [-0.2, -0.15) is 0 Å². The van der Waals surface area contributed by atoms with Crippen molar-refractivity contribution in [3.63, 3.8) is 0 Å². The second kappa shape index (κ2) is 18.5. The number of rotatable bonds is 20. The van der Waals surface area contributed by atoms with Crippen molar-refractivity contribution in [1.82, 2.24) is 0 Å². The number of ether oxygens (including phenoxy) is 2. The molecule has 0 aliphatic carbocycles. The van der Waals surface area contributed by atoms with Crippen LogP contribution in [0.5, 0.6) is 0 Å². The minimum atomic E-state index is -0.481. The number of unbranched alkanes of at least 4 members (excludes halogenated alkanes) is 7. The lowest BCUT2D eigenvalue weighted by atomic mass is 9.99. The van der Waals surface area contributed by atoms with Crippen LogP contribution in [0, 0.1) is 5.92 Å². The van der Waals surface area contributed by atoms with Crippen LogP contribution in [0.1, 0.15) is 89.2 Å². The summed E-state index contributed by atoms with van der Waals surface area (Å²) in [6.45, 7) is 5.47. The van der Waals surface area contributed by atoms with Gasteiger partial charge in [-0.25, -0.2) is 0 Å². The zero-order valence-corrected chi connectivity index (χ0v) is 22.1. The van der Waals surface area contributed by atoms with E-state index in [0.29, 0.717) is 13.2 Å². The van der Waals surface area contributed by atoms with Gasteiger partial charge in [0, 0.05) is 0 Å². The van der Waals surface area contributed by atoms with E-state index in [1.54, 1.807) is 0 Å². The maximum absolute atomic E-state index is 9.84. The molecule has 2 aromatic carbocycles. The number of hydrogen-bond acceptors (Lipinski definition) is 4. The quantitative estimate of drug-likeness (QED) is 0.198.